The average molecular weight is 364 g/mol. The van der Waals surface area contributed by atoms with Crippen molar-refractivity contribution in [3.63, 3.8) is 0 Å². The highest BCUT2D eigenvalue weighted by Crippen LogP contribution is 2.33. The van der Waals surface area contributed by atoms with Gasteiger partial charge in [0.2, 0.25) is 0 Å². The zero-order valence-electron chi connectivity index (χ0n) is 9.84. The van der Waals surface area contributed by atoms with Crippen LogP contribution in [-0.4, -0.2) is 5.78 Å². The number of benzene rings is 2. The standard InChI is InChI=1S/C14H7BrClF3O/c15-11-6-5-8(14(17,18)19)7-10(11)13(20)9-3-1-2-4-12(9)16/h1-7H. The van der Waals surface area contributed by atoms with Crippen molar-refractivity contribution >= 4 is 33.3 Å². The van der Waals surface area contributed by atoms with Crippen molar-refractivity contribution in [1.29, 1.82) is 0 Å². The van der Waals surface area contributed by atoms with Crippen LogP contribution in [0.5, 0.6) is 0 Å². The van der Waals surface area contributed by atoms with Gasteiger partial charge in [-0.05, 0) is 30.3 Å². The molecule has 0 aliphatic heterocycles. The van der Waals surface area contributed by atoms with Gasteiger partial charge < -0.3 is 0 Å². The predicted molar refractivity (Wildman–Crippen MR) is 74.0 cm³/mol. The van der Waals surface area contributed by atoms with Crippen LogP contribution in [0.2, 0.25) is 5.02 Å². The lowest BCUT2D eigenvalue weighted by Gasteiger charge is -2.10. The van der Waals surface area contributed by atoms with Crippen molar-refractivity contribution in [3.05, 3.63) is 68.7 Å². The Kier molecular flexibility index (Phi) is 4.20. The number of ketones is 1. The Morgan fingerprint density at radius 3 is 2.30 bits per heavy atom. The fourth-order valence-electron chi connectivity index (χ4n) is 1.67. The molecule has 0 amide bonds. The monoisotopic (exact) mass is 362 g/mol. The predicted octanol–water partition coefficient (Wildman–Crippen LogP) is 5.35. The topological polar surface area (TPSA) is 17.1 Å². The van der Waals surface area contributed by atoms with Gasteiger partial charge in [-0.3, -0.25) is 4.79 Å². The first-order chi connectivity index (χ1) is 9.30. The van der Waals surface area contributed by atoms with Gasteiger partial charge in [-0.25, -0.2) is 0 Å². The number of carbonyl (C=O) groups is 1. The Hall–Kier alpha value is -1.33. The van der Waals surface area contributed by atoms with Crippen LogP contribution in [0, 0.1) is 0 Å². The molecule has 0 atom stereocenters. The third-order valence-corrected chi connectivity index (χ3v) is 3.68. The SMILES string of the molecule is O=C(c1ccccc1Cl)c1cc(C(F)(F)F)ccc1Br. The summed E-state index contributed by atoms with van der Waals surface area (Å²) < 4.78 is 38.4. The largest absolute Gasteiger partial charge is 0.416 e. The molecule has 6 heteroatoms. The van der Waals surface area contributed by atoms with E-state index in [1.54, 1.807) is 12.1 Å². The molecule has 0 spiro atoms. The highest BCUT2D eigenvalue weighted by molar-refractivity contribution is 9.10. The molecule has 0 heterocycles. The maximum absolute atomic E-state index is 12.7. The number of halogens is 5. The zero-order valence-corrected chi connectivity index (χ0v) is 12.2. The molecule has 0 bridgehead atoms. The molecular weight excluding hydrogens is 357 g/mol. The van der Waals surface area contributed by atoms with Crippen LogP contribution >= 0.6 is 27.5 Å². The number of hydrogen-bond donors (Lipinski definition) is 0. The van der Waals surface area contributed by atoms with Crippen molar-refractivity contribution in [2.75, 3.05) is 0 Å². The molecule has 2 aromatic rings. The van der Waals surface area contributed by atoms with E-state index in [9.17, 15) is 18.0 Å². The van der Waals surface area contributed by atoms with Gasteiger partial charge in [-0.2, -0.15) is 13.2 Å². The van der Waals surface area contributed by atoms with Gasteiger partial charge >= 0.3 is 6.18 Å². The second-order valence-corrected chi connectivity index (χ2v) is 5.26. The van der Waals surface area contributed by atoms with E-state index in [1.165, 1.54) is 18.2 Å². The molecule has 104 valence electrons. The molecule has 0 unspecified atom stereocenters. The fraction of sp³-hybridized carbons (Fsp3) is 0.0714. The van der Waals surface area contributed by atoms with Crippen molar-refractivity contribution in [3.8, 4) is 0 Å². The van der Waals surface area contributed by atoms with Gasteiger partial charge in [0.1, 0.15) is 0 Å². The van der Waals surface area contributed by atoms with E-state index in [0.717, 1.165) is 12.1 Å². The minimum absolute atomic E-state index is 0.0760. The van der Waals surface area contributed by atoms with E-state index in [0.29, 0.717) is 0 Å². The van der Waals surface area contributed by atoms with Crippen LogP contribution in [0.4, 0.5) is 13.2 Å². The summed E-state index contributed by atoms with van der Waals surface area (Å²) in [7, 11) is 0. The molecule has 0 aliphatic carbocycles. The highest BCUT2D eigenvalue weighted by Gasteiger charge is 2.31. The Morgan fingerprint density at radius 1 is 1.05 bits per heavy atom. The van der Waals surface area contributed by atoms with Gasteiger partial charge in [-0.1, -0.05) is 39.7 Å². The van der Waals surface area contributed by atoms with Crippen molar-refractivity contribution < 1.29 is 18.0 Å². The lowest BCUT2D eigenvalue weighted by molar-refractivity contribution is -0.137. The molecule has 0 radical (unpaired) electrons. The number of hydrogen-bond acceptors (Lipinski definition) is 1. The van der Waals surface area contributed by atoms with E-state index >= 15 is 0 Å². The molecule has 0 aliphatic rings. The Balaban J connectivity index is 2.53. The minimum atomic E-state index is -4.50. The van der Waals surface area contributed by atoms with Crippen LogP contribution in [0.3, 0.4) is 0 Å². The minimum Gasteiger partial charge on any atom is -0.289 e. The number of rotatable bonds is 2. The molecule has 20 heavy (non-hydrogen) atoms. The van der Waals surface area contributed by atoms with E-state index in [2.05, 4.69) is 15.9 Å². The summed E-state index contributed by atoms with van der Waals surface area (Å²) in [5.41, 5.74) is -0.793. The summed E-state index contributed by atoms with van der Waals surface area (Å²) in [4.78, 5) is 12.3. The number of alkyl halides is 3. The molecule has 0 N–H and O–H groups in total. The molecule has 2 aromatic carbocycles. The van der Waals surface area contributed by atoms with Crippen molar-refractivity contribution in [2.45, 2.75) is 6.18 Å². The maximum Gasteiger partial charge on any atom is 0.416 e. The zero-order chi connectivity index (χ0) is 14.9. The van der Waals surface area contributed by atoms with Gasteiger partial charge in [0.25, 0.3) is 0 Å². The van der Waals surface area contributed by atoms with Gasteiger partial charge in [0.05, 0.1) is 10.6 Å². The van der Waals surface area contributed by atoms with E-state index in [4.69, 9.17) is 11.6 Å². The van der Waals surface area contributed by atoms with Crippen LogP contribution < -0.4 is 0 Å². The Bertz CT molecular complexity index is 668. The van der Waals surface area contributed by atoms with E-state index < -0.39 is 17.5 Å². The van der Waals surface area contributed by atoms with Crippen molar-refractivity contribution in [1.82, 2.24) is 0 Å². The summed E-state index contributed by atoms with van der Waals surface area (Å²) >= 11 is 8.98. The molecular formula is C14H7BrClF3O. The Labute approximate surface area is 126 Å². The molecule has 0 saturated carbocycles. The molecule has 0 fully saturated rings. The van der Waals surface area contributed by atoms with Crippen LogP contribution in [0.15, 0.2) is 46.9 Å². The first kappa shape index (κ1) is 15.1. The average Bonchev–Trinajstić information content (AvgIpc) is 2.37. The van der Waals surface area contributed by atoms with Crippen LogP contribution in [0.25, 0.3) is 0 Å². The summed E-state index contributed by atoms with van der Waals surface area (Å²) in [6.45, 7) is 0. The normalized spacial score (nSPS) is 11.4. The lowest BCUT2D eigenvalue weighted by atomic mass is 10.0. The molecule has 0 saturated heterocycles. The first-order valence-corrected chi connectivity index (χ1v) is 6.64. The van der Waals surface area contributed by atoms with Gasteiger partial charge in [0.15, 0.2) is 5.78 Å². The summed E-state index contributed by atoms with van der Waals surface area (Å²) in [6, 6.07) is 9.14. The molecule has 0 aromatic heterocycles. The lowest BCUT2D eigenvalue weighted by Crippen LogP contribution is -2.09. The Morgan fingerprint density at radius 2 is 1.70 bits per heavy atom. The second-order valence-electron chi connectivity index (χ2n) is 4.00. The smallest absolute Gasteiger partial charge is 0.289 e. The quantitative estimate of drug-likeness (QED) is 0.657. The van der Waals surface area contributed by atoms with Gasteiger partial charge in [0, 0.05) is 15.6 Å². The molecule has 2 rings (SSSR count). The summed E-state index contributed by atoms with van der Waals surface area (Å²) in [5.74, 6) is -0.562. The maximum atomic E-state index is 12.7. The summed E-state index contributed by atoms with van der Waals surface area (Å²) in [6.07, 6.45) is -4.50. The number of carbonyl (C=O) groups excluding carboxylic acids is 1. The third-order valence-electron chi connectivity index (χ3n) is 2.66. The van der Waals surface area contributed by atoms with Gasteiger partial charge in [-0.15, -0.1) is 0 Å². The third kappa shape index (κ3) is 3.04. The van der Waals surface area contributed by atoms with E-state index in [1.807, 2.05) is 0 Å². The van der Waals surface area contributed by atoms with Crippen LogP contribution in [0.1, 0.15) is 21.5 Å². The van der Waals surface area contributed by atoms with Crippen molar-refractivity contribution in [2.24, 2.45) is 0 Å². The van der Waals surface area contributed by atoms with E-state index in [-0.39, 0.29) is 20.6 Å². The molecule has 1 nitrogen and oxygen atoms in total. The highest BCUT2D eigenvalue weighted by atomic mass is 79.9. The summed E-state index contributed by atoms with van der Waals surface area (Å²) in [5, 5.41) is 0.196. The fourth-order valence-corrected chi connectivity index (χ4v) is 2.31. The first-order valence-electron chi connectivity index (χ1n) is 5.46. The second kappa shape index (κ2) is 5.58. The van der Waals surface area contributed by atoms with Crippen LogP contribution in [-0.2, 0) is 6.18 Å².